The van der Waals surface area contributed by atoms with Crippen LogP contribution in [0, 0.1) is 6.92 Å². The van der Waals surface area contributed by atoms with Crippen LogP contribution < -0.4 is 10.2 Å². The zero-order valence-corrected chi connectivity index (χ0v) is 14.5. The molecule has 0 unspecified atom stereocenters. The third-order valence-corrected chi connectivity index (χ3v) is 4.28. The highest BCUT2D eigenvalue weighted by Crippen LogP contribution is 2.33. The quantitative estimate of drug-likeness (QED) is 0.911. The predicted molar refractivity (Wildman–Crippen MR) is 98.1 cm³/mol. The van der Waals surface area contributed by atoms with Gasteiger partial charge >= 0.3 is 0 Å². The number of rotatable bonds is 4. The molecule has 0 bridgehead atoms. The molecule has 1 N–H and O–H groups in total. The van der Waals surface area contributed by atoms with Crippen LogP contribution in [-0.2, 0) is 0 Å². The van der Waals surface area contributed by atoms with Crippen molar-refractivity contribution in [3.63, 3.8) is 0 Å². The van der Waals surface area contributed by atoms with Crippen LogP contribution in [0.1, 0.15) is 30.7 Å². The van der Waals surface area contributed by atoms with E-state index in [4.69, 9.17) is 16.6 Å². The van der Waals surface area contributed by atoms with Gasteiger partial charge in [-0.15, -0.1) is 0 Å². The van der Waals surface area contributed by atoms with Crippen LogP contribution in [0.5, 0.6) is 0 Å². The molecule has 0 amide bonds. The van der Waals surface area contributed by atoms with Crippen molar-refractivity contribution >= 4 is 35.0 Å². The maximum atomic E-state index is 6.00. The molecule has 120 valence electrons. The van der Waals surface area contributed by atoms with Gasteiger partial charge in [0.05, 0.1) is 5.69 Å². The first-order valence-electron chi connectivity index (χ1n) is 7.96. The Balaban J connectivity index is 2.07. The van der Waals surface area contributed by atoms with Crippen molar-refractivity contribution in [3.05, 3.63) is 46.1 Å². The van der Waals surface area contributed by atoms with Crippen molar-refractivity contribution in [2.75, 3.05) is 29.9 Å². The molecule has 0 saturated heterocycles. The van der Waals surface area contributed by atoms with Gasteiger partial charge in [0, 0.05) is 30.2 Å². The van der Waals surface area contributed by atoms with Gasteiger partial charge in [-0.25, -0.2) is 4.98 Å². The van der Waals surface area contributed by atoms with Gasteiger partial charge < -0.3 is 10.2 Å². The normalized spacial score (nSPS) is 13.6. The van der Waals surface area contributed by atoms with Crippen molar-refractivity contribution in [1.29, 1.82) is 0 Å². The molecule has 2 heterocycles. The van der Waals surface area contributed by atoms with Gasteiger partial charge in [0.2, 0.25) is 5.95 Å². The summed E-state index contributed by atoms with van der Waals surface area (Å²) >= 11 is 6.00. The summed E-state index contributed by atoms with van der Waals surface area (Å²) in [5, 5.41) is 3.97. The second-order valence-electron chi connectivity index (χ2n) is 5.59. The third-order valence-electron chi connectivity index (χ3n) is 4.03. The molecule has 1 aromatic carbocycles. The number of fused-ring (bicyclic) bond motifs is 1. The topological polar surface area (TPSA) is 41.1 Å². The van der Waals surface area contributed by atoms with E-state index in [1.807, 2.05) is 26.0 Å². The lowest BCUT2D eigenvalue weighted by Crippen LogP contribution is -2.30. The van der Waals surface area contributed by atoms with Gasteiger partial charge in [-0.05, 0) is 50.1 Å². The number of hydrogen-bond donors (Lipinski definition) is 1. The van der Waals surface area contributed by atoms with Crippen molar-refractivity contribution < 1.29 is 0 Å². The van der Waals surface area contributed by atoms with E-state index in [0.29, 0.717) is 5.95 Å². The Hall–Kier alpha value is -2.07. The minimum Gasteiger partial charge on any atom is -0.354 e. The van der Waals surface area contributed by atoms with Gasteiger partial charge in [-0.1, -0.05) is 23.7 Å². The molecule has 0 saturated carbocycles. The molecule has 4 nitrogen and oxygen atoms in total. The van der Waals surface area contributed by atoms with E-state index in [1.54, 1.807) is 0 Å². The second-order valence-corrected chi connectivity index (χ2v) is 6.03. The van der Waals surface area contributed by atoms with Crippen LogP contribution in [0.3, 0.4) is 0 Å². The summed E-state index contributed by atoms with van der Waals surface area (Å²) in [5.41, 5.74) is 4.55. The van der Waals surface area contributed by atoms with Crippen molar-refractivity contribution in [1.82, 2.24) is 9.97 Å². The average molecular weight is 329 g/mol. The Morgan fingerprint density at radius 2 is 1.91 bits per heavy atom. The standard InChI is InChI=1S/C18H21ClN4/c1-4-20-18-21-12(3)16-10-14(11-23(5-2)17(16)22-18)13-6-8-15(19)9-7-13/h6-10H,4-5,11H2,1-3H3,(H,20,21,22). The summed E-state index contributed by atoms with van der Waals surface area (Å²) in [4.78, 5) is 11.6. The number of anilines is 2. The lowest BCUT2D eigenvalue weighted by atomic mass is 9.98. The van der Waals surface area contributed by atoms with E-state index in [-0.39, 0.29) is 0 Å². The molecule has 3 rings (SSSR count). The molecule has 1 aliphatic rings. The Bertz CT molecular complexity index is 737. The highest BCUT2D eigenvalue weighted by molar-refractivity contribution is 6.30. The molecule has 1 aromatic heterocycles. The van der Waals surface area contributed by atoms with E-state index in [2.05, 4.69) is 40.3 Å². The fraction of sp³-hybridized carbons (Fsp3) is 0.333. The van der Waals surface area contributed by atoms with Crippen LogP contribution in [-0.4, -0.2) is 29.6 Å². The summed E-state index contributed by atoms with van der Waals surface area (Å²) in [7, 11) is 0. The molecule has 1 aliphatic heterocycles. The zero-order valence-electron chi connectivity index (χ0n) is 13.7. The van der Waals surface area contributed by atoms with Crippen molar-refractivity contribution in [3.8, 4) is 0 Å². The summed E-state index contributed by atoms with van der Waals surface area (Å²) in [6.45, 7) is 8.80. The molecule has 23 heavy (non-hydrogen) atoms. The summed E-state index contributed by atoms with van der Waals surface area (Å²) < 4.78 is 0. The van der Waals surface area contributed by atoms with Gasteiger partial charge in [0.15, 0.2) is 0 Å². The number of halogens is 1. The number of aryl methyl sites for hydroxylation is 1. The molecule has 5 heteroatoms. The summed E-state index contributed by atoms with van der Waals surface area (Å²) in [6.07, 6.45) is 2.20. The highest BCUT2D eigenvalue weighted by Gasteiger charge is 2.22. The van der Waals surface area contributed by atoms with E-state index in [9.17, 15) is 0 Å². The largest absolute Gasteiger partial charge is 0.354 e. The minimum atomic E-state index is 0.700. The van der Waals surface area contributed by atoms with Crippen LogP contribution >= 0.6 is 11.6 Å². The van der Waals surface area contributed by atoms with Crippen molar-refractivity contribution in [2.24, 2.45) is 0 Å². The summed E-state index contributed by atoms with van der Waals surface area (Å²) in [5.74, 6) is 1.71. The van der Waals surface area contributed by atoms with E-state index < -0.39 is 0 Å². The number of aromatic nitrogens is 2. The highest BCUT2D eigenvalue weighted by atomic mass is 35.5. The maximum absolute atomic E-state index is 6.00. The van der Waals surface area contributed by atoms with E-state index in [1.165, 1.54) is 11.1 Å². The van der Waals surface area contributed by atoms with Gasteiger partial charge in [-0.2, -0.15) is 4.98 Å². The number of nitrogens with one attached hydrogen (secondary N) is 1. The smallest absolute Gasteiger partial charge is 0.224 e. The number of nitrogens with zero attached hydrogens (tertiary/aromatic N) is 3. The Morgan fingerprint density at radius 1 is 1.17 bits per heavy atom. The molecule has 0 radical (unpaired) electrons. The fourth-order valence-electron chi connectivity index (χ4n) is 2.81. The predicted octanol–water partition coefficient (Wildman–Crippen LogP) is 4.25. The molecule has 0 aliphatic carbocycles. The van der Waals surface area contributed by atoms with Gasteiger partial charge in [0.1, 0.15) is 5.82 Å². The Labute approximate surface area is 142 Å². The van der Waals surface area contributed by atoms with Crippen LogP contribution in [0.2, 0.25) is 5.02 Å². The van der Waals surface area contributed by atoms with Crippen molar-refractivity contribution in [2.45, 2.75) is 20.8 Å². The van der Waals surface area contributed by atoms with E-state index in [0.717, 1.165) is 41.7 Å². The number of hydrogen-bond acceptors (Lipinski definition) is 4. The maximum Gasteiger partial charge on any atom is 0.224 e. The first kappa shape index (κ1) is 15.8. The molecule has 0 atom stereocenters. The lowest BCUT2D eigenvalue weighted by molar-refractivity contribution is 0.868. The lowest BCUT2D eigenvalue weighted by Gasteiger charge is -2.30. The third kappa shape index (κ3) is 3.17. The molecular weight excluding hydrogens is 308 g/mol. The monoisotopic (exact) mass is 328 g/mol. The second kappa shape index (κ2) is 6.59. The van der Waals surface area contributed by atoms with Crippen LogP contribution in [0.25, 0.3) is 11.6 Å². The summed E-state index contributed by atoms with van der Waals surface area (Å²) in [6, 6.07) is 7.99. The molecule has 0 spiro atoms. The average Bonchev–Trinajstić information content (AvgIpc) is 2.55. The Kier molecular flexibility index (Phi) is 4.53. The molecular formula is C18H21ClN4. The SMILES string of the molecule is CCNc1nc(C)c2c(n1)N(CC)CC(c1ccc(Cl)cc1)=C2. The van der Waals surface area contributed by atoms with E-state index >= 15 is 0 Å². The van der Waals surface area contributed by atoms with Gasteiger partial charge in [0.25, 0.3) is 0 Å². The number of likely N-dealkylation sites (N-methyl/N-ethyl adjacent to an activating group) is 1. The zero-order chi connectivity index (χ0) is 16.4. The van der Waals surface area contributed by atoms with Gasteiger partial charge in [-0.3, -0.25) is 0 Å². The first-order chi connectivity index (χ1) is 11.1. The molecule has 0 fully saturated rings. The van der Waals surface area contributed by atoms with Crippen LogP contribution in [0.4, 0.5) is 11.8 Å². The fourth-order valence-corrected chi connectivity index (χ4v) is 2.94. The number of benzene rings is 1. The van der Waals surface area contributed by atoms with Crippen LogP contribution in [0.15, 0.2) is 24.3 Å². The minimum absolute atomic E-state index is 0.700. The molecule has 2 aromatic rings. The Morgan fingerprint density at radius 3 is 2.57 bits per heavy atom. The first-order valence-corrected chi connectivity index (χ1v) is 8.34.